The van der Waals surface area contributed by atoms with Gasteiger partial charge in [-0.05, 0) is 41.3 Å². The van der Waals surface area contributed by atoms with Crippen molar-refractivity contribution in [3.05, 3.63) is 72.3 Å². The van der Waals surface area contributed by atoms with Crippen molar-refractivity contribution in [3.63, 3.8) is 0 Å². The molecule has 0 bridgehead atoms. The number of anilines is 1. The Morgan fingerprint density at radius 1 is 0.815 bits per heavy atom. The van der Waals surface area contributed by atoms with E-state index in [0.717, 1.165) is 37.4 Å². The van der Waals surface area contributed by atoms with Crippen LogP contribution in [0.2, 0.25) is 0 Å². The van der Waals surface area contributed by atoms with Crippen LogP contribution >= 0.6 is 0 Å². The van der Waals surface area contributed by atoms with Gasteiger partial charge in [0.05, 0.1) is 6.61 Å². The first kappa shape index (κ1) is 19.3. The molecule has 0 aromatic heterocycles. The van der Waals surface area contributed by atoms with Crippen LogP contribution in [0, 0.1) is 0 Å². The van der Waals surface area contributed by atoms with Gasteiger partial charge in [-0.2, -0.15) is 0 Å². The number of unbranched alkanes of at least 4 members (excludes halogenated alkanes) is 4. The van der Waals surface area contributed by atoms with E-state index in [1.54, 1.807) is 0 Å². The SMILES string of the molecule is CCCCCCCOc1cccc(NCCc2cccc3ccccc23)c1. The molecule has 0 saturated carbocycles. The summed E-state index contributed by atoms with van der Waals surface area (Å²) in [5, 5.41) is 6.20. The number of benzene rings is 3. The van der Waals surface area contributed by atoms with Gasteiger partial charge in [0.25, 0.3) is 0 Å². The van der Waals surface area contributed by atoms with E-state index in [0.29, 0.717) is 0 Å². The monoisotopic (exact) mass is 361 g/mol. The molecule has 1 N–H and O–H groups in total. The van der Waals surface area contributed by atoms with Gasteiger partial charge in [-0.3, -0.25) is 0 Å². The van der Waals surface area contributed by atoms with Crippen LogP contribution in [-0.4, -0.2) is 13.2 Å². The molecule has 0 spiro atoms. The molecular weight excluding hydrogens is 330 g/mol. The minimum Gasteiger partial charge on any atom is -0.494 e. The molecule has 0 fully saturated rings. The highest BCUT2D eigenvalue weighted by atomic mass is 16.5. The topological polar surface area (TPSA) is 21.3 Å². The lowest BCUT2D eigenvalue weighted by Crippen LogP contribution is -2.05. The fraction of sp³-hybridized carbons (Fsp3) is 0.360. The van der Waals surface area contributed by atoms with E-state index >= 15 is 0 Å². The third-order valence-corrected chi connectivity index (χ3v) is 4.95. The lowest BCUT2D eigenvalue weighted by Gasteiger charge is -2.11. The molecule has 3 rings (SSSR count). The Balaban J connectivity index is 1.47. The molecule has 2 heteroatoms. The van der Waals surface area contributed by atoms with Crippen LogP contribution in [0.5, 0.6) is 5.75 Å². The molecule has 3 aromatic carbocycles. The van der Waals surface area contributed by atoms with E-state index < -0.39 is 0 Å². The van der Waals surface area contributed by atoms with Gasteiger partial charge in [-0.15, -0.1) is 0 Å². The number of rotatable bonds is 11. The summed E-state index contributed by atoms with van der Waals surface area (Å²) in [6.45, 7) is 3.97. The van der Waals surface area contributed by atoms with Crippen molar-refractivity contribution in [1.82, 2.24) is 0 Å². The fourth-order valence-corrected chi connectivity index (χ4v) is 3.44. The van der Waals surface area contributed by atoms with Crippen molar-refractivity contribution in [2.45, 2.75) is 45.4 Å². The van der Waals surface area contributed by atoms with Crippen molar-refractivity contribution >= 4 is 16.5 Å². The largest absolute Gasteiger partial charge is 0.494 e. The summed E-state index contributed by atoms with van der Waals surface area (Å²) in [6, 6.07) is 23.5. The number of hydrogen-bond acceptors (Lipinski definition) is 2. The molecule has 0 aliphatic carbocycles. The highest BCUT2D eigenvalue weighted by Gasteiger charge is 2.01. The summed E-state index contributed by atoms with van der Waals surface area (Å²) in [5.41, 5.74) is 2.51. The number of ether oxygens (including phenoxy) is 1. The second-order valence-corrected chi connectivity index (χ2v) is 7.11. The Morgan fingerprint density at radius 3 is 2.56 bits per heavy atom. The van der Waals surface area contributed by atoms with Gasteiger partial charge in [0, 0.05) is 18.3 Å². The third-order valence-electron chi connectivity index (χ3n) is 4.95. The zero-order valence-electron chi connectivity index (χ0n) is 16.4. The molecule has 2 nitrogen and oxygen atoms in total. The van der Waals surface area contributed by atoms with E-state index in [-0.39, 0.29) is 0 Å². The van der Waals surface area contributed by atoms with E-state index in [4.69, 9.17) is 4.74 Å². The molecule has 3 aromatic rings. The van der Waals surface area contributed by atoms with E-state index in [9.17, 15) is 0 Å². The molecular formula is C25H31NO. The second-order valence-electron chi connectivity index (χ2n) is 7.11. The van der Waals surface area contributed by atoms with Crippen LogP contribution in [0.3, 0.4) is 0 Å². The smallest absolute Gasteiger partial charge is 0.121 e. The Bertz CT molecular complexity index is 822. The minimum atomic E-state index is 0.809. The summed E-state index contributed by atoms with van der Waals surface area (Å²) in [4.78, 5) is 0. The van der Waals surface area contributed by atoms with Crippen LogP contribution in [0.1, 0.15) is 44.6 Å². The molecule has 0 radical (unpaired) electrons. The van der Waals surface area contributed by atoms with E-state index in [2.05, 4.69) is 72.9 Å². The predicted molar refractivity (Wildman–Crippen MR) is 117 cm³/mol. The van der Waals surface area contributed by atoms with Crippen LogP contribution < -0.4 is 10.1 Å². The molecule has 0 heterocycles. The first-order valence-electron chi connectivity index (χ1n) is 10.3. The third kappa shape index (κ3) is 6.02. The van der Waals surface area contributed by atoms with Crippen molar-refractivity contribution in [2.24, 2.45) is 0 Å². The Labute approximate surface area is 163 Å². The van der Waals surface area contributed by atoms with Crippen molar-refractivity contribution in [1.29, 1.82) is 0 Å². The lowest BCUT2D eigenvalue weighted by atomic mass is 10.0. The maximum Gasteiger partial charge on any atom is 0.121 e. The first-order chi connectivity index (χ1) is 13.4. The zero-order chi connectivity index (χ0) is 18.7. The molecule has 0 amide bonds. The van der Waals surface area contributed by atoms with Crippen molar-refractivity contribution in [2.75, 3.05) is 18.5 Å². The fourth-order valence-electron chi connectivity index (χ4n) is 3.44. The normalized spacial score (nSPS) is 10.9. The predicted octanol–water partition coefficient (Wildman–Crippen LogP) is 6.84. The van der Waals surface area contributed by atoms with Crippen LogP contribution in [0.15, 0.2) is 66.7 Å². The summed E-state index contributed by atoms with van der Waals surface area (Å²) in [7, 11) is 0. The van der Waals surface area contributed by atoms with Crippen molar-refractivity contribution < 1.29 is 4.74 Å². The van der Waals surface area contributed by atoms with Gasteiger partial charge in [-0.1, -0.05) is 81.1 Å². The quantitative estimate of drug-likeness (QED) is 0.377. The molecule has 0 unspecified atom stereocenters. The van der Waals surface area contributed by atoms with Gasteiger partial charge in [-0.25, -0.2) is 0 Å². The summed E-state index contributed by atoms with van der Waals surface area (Å²) < 4.78 is 5.91. The Kier molecular flexibility index (Phi) is 7.58. The molecule has 142 valence electrons. The second kappa shape index (κ2) is 10.6. The highest BCUT2D eigenvalue weighted by molar-refractivity contribution is 5.85. The molecule has 27 heavy (non-hydrogen) atoms. The first-order valence-corrected chi connectivity index (χ1v) is 10.3. The van der Waals surface area contributed by atoms with Gasteiger partial charge >= 0.3 is 0 Å². The van der Waals surface area contributed by atoms with Crippen molar-refractivity contribution in [3.8, 4) is 5.75 Å². The van der Waals surface area contributed by atoms with Crippen LogP contribution in [-0.2, 0) is 6.42 Å². The summed E-state index contributed by atoms with van der Waals surface area (Å²) >= 11 is 0. The number of nitrogens with one attached hydrogen (secondary N) is 1. The van der Waals surface area contributed by atoms with Crippen LogP contribution in [0.25, 0.3) is 10.8 Å². The van der Waals surface area contributed by atoms with Crippen LogP contribution in [0.4, 0.5) is 5.69 Å². The van der Waals surface area contributed by atoms with Gasteiger partial charge in [0.2, 0.25) is 0 Å². The van der Waals surface area contributed by atoms with E-state index in [1.807, 2.05) is 6.07 Å². The minimum absolute atomic E-state index is 0.809. The summed E-state index contributed by atoms with van der Waals surface area (Å²) in [5.74, 6) is 0.959. The Morgan fingerprint density at radius 2 is 1.63 bits per heavy atom. The Hall–Kier alpha value is -2.48. The standard InChI is InChI=1S/C25H31NO/c1-2-3-4-5-8-19-27-24-15-10-14-23(20-24)26-18-17-22-13-9-12-21-11-6-7-16-25(21)22/h6-7,9-16,20,26H,2-5,8,17-19H2,1H3. The maximum absolute atomic E-state index is 5.91. The average Bonchev–Trinajstić information content (AvgIpc) is 2.71. The zero-order valence-corrected chi connectivity index (χ0v) is 16.4. The summed E-state index contributed by atoms with van der Waals surface area (Å²) in [6.07, 6.45) is 7.33. The molecule has 0 saturated heterocycles. The lowest BCUT2D eigenvalue weighted by molar-refractivity contribution is 0.304. The maximum atomic E-state index is 5.91. The van der Waals surface area contributed by atoms with Gasteiger partial charge in [0.1, 0.15) is 5.75 Å². The van der Waals surface area contributed by atoms with Gasteiger partial charge in [0.15, 0.2) is 0 Å². The number of hydrogen-bond donors (Lipinski definition) is 1. The molecule has 0 aliphatic heterocycles. The number of fused-ring (bicyclic) bond motifs is 1. The van der Waals surface area contributed by atoms with Gasteiger partial charge < -0.3 is 10.1 Å². The average molecular weight is 362 g/mol. The van der Waals surface area contributed by atoms with E-state index in [1.165, 1.54) is 42.0 Å². The molecule has 0 aliphatic rings. The molecule has 0 atom stereocenters. The highest BCUT2D eigenvalue weighted by Crippen LogP contribution is 2.20.